The van der Waals surface area contributed by atoms with Gasteiger partial charge in [-0.05, 0) is 25.1 Å². The minimum atomic E-state index is -0.581. The number of carbonyl (C=O) groups is 2. The summed E-state index contributed by atoms with van der Waals surface area (Å²) >= 11 is 1.29. The Bertz CT molecular complexity index is 1130. The molecule has 2 aromatic heterocycles. The minimum Gasteiger partial charge on any atom is -0.452 e. The van der Waals surface area contributed by atoms with Gasteiger partial charge in [-0.25, -0.2) is 14.8 Å². The van der Waals surface area contributed by atoms with Gasteiger partial charge in [-0.2, -0.15) is 0 Å². The summed E-state index contributed by atoms with van der Waals surface area (Å²) in [5, 5.41) is 4.76. The zero-order chi connectivity index (χ0) is 19.5. The Morgan fingerprint density at radius 3 is 2.75 bits per heavy atom. The van der Waals surface area contributed by atoms with Crippen LogP contribution in [0.3, 0.4) is 0 Å². The number of nitrogens with zero attached hydrogens (tertiary/aromatic N) is 2. The van der Waals surface area contributed by atoms with Crippen molar-refractivity contribution in [2.24, 2.45) is 0 Å². The van der Waals surface area contributed by atoms with Gasteiger partial charge in [-0.3, -0.25) is 10.1 Å². The number of aromatic nitrogens is 3. The fourth-order valence-electron chi connectivity index (χ4n) is 2.64. The number of anilines is 1. The Kier molecular flexibility index (Phi) is 4.86. The molecule has 140 valence electrons. The van der Waals surface area contributed by atoms with Crippen LogP contribution in [-0.2, 0) is 9.53 Å². The molecule has 2 heterocycles. The highest BCUT2D eigenvalue weighted by molar-refractivity contribution is 7.13. The first-order chi connectivity index (χ1) is 13.6. The number of rotatable bonds is 5. The van der Waals surface area contributed by atoms with Crippen molar-refractivity contribution in [2.75, 3.05) is 11.9 Å². The van der Waals surface area contributed by atoms with Gasteiger partial charge in [0.05, 0.1) is 16.6 Å². The fourth-order valence-corrected chi connectivity index (χ4v) is 3.18. The summed E-state index contributed by atoms with van der Waals surface area (Å²) < 4.78 is 5.08. The molecule has 28 heavy (non-hydrogen) atoms. The molecule has 8 heteroatoms. The third kappa shape index (κ3) is 3.91. The lowest BCUT2D eigenvalue weighted by Crippen LogP contribution is -2.20. The summed E-state index contributed by atoms with van der Waals surface area (Å²) in [7, 11) is 0. The molecule has 0 aliphatic carbocycles. The number of imidazole rings is 1. The number of carbonyl (C=O) groups excluding carboxylic acids is 2. The lowest BCUT2D eigenvalue weighted by Gasteiger charge is -2.04. The van der Waals surface area contributed by atoms with Crippen molar-refractivity contribution in [3.8, 4) is 11.4 Å². The number of fused-ring (bicyclic) bond motifs is 1. The summed E-state index contributed by atoms with van der Waals surface area (Å²) in [5.74, 6) is -0.293. The maximum atomic E-state index is 12.3. The topological polar surface area (TPSA) is 97.0 Å². The number of amides is 1. The molecule has 0 fully saturated rings. The van der Waals surface area contributed by atoms with Gasteiger partial charge in [0.1, 0.15) is 5.82 Å². The Hall–Kier alpha value is -3.52. The lowest BCUT2D eigenvalue weighted by molar-refractivity contribution is -0.119. The van der Waals surface area contributed by atoms with Crippen LogP contribution in [0.25, 0.3) is 22.4 Å². The van der Waals surface area contributed by atoms with Crippen LogP contribution in [0.5, 0.6) is 0 Å². The highest BCUT2D eigenvalue weighted by Crippen LogP contribution is 2.22. The van der Waals surface area contributed by atoms with Crippen LogP contribution in [-0.4, -0.2) is 33.4 Å². The van der Waals surface area contributed by atoms with E-state index < -0.39 is 11.9 Å². The van der Waals surface area contributed by atoms with Gasteiger partial charge in [0, 0.05) is 17.1 Å². The molecule has 0 radical (unpaired) electrons. The van der Waals surface area contributed by atoms with Crippen LogP contribution < -0.4 is 5.32 Å². The first-order valence-electron chi connectivity index (χ1n) is 8.52. The Balaban J connectivity index is 1.45. The van der Waals surface area contributed by atoms with Crippen LogP contribution in [0.15, 0.2) is 54.0 Å². The second-order valence-corrected chi connectivity index (χ2v) is 7.04. The maximum absolute atomic E-state index is 12.3. The van der Waals surface area contributed by atoms with E-state index in [2.05, 4.69) is 20.3 Å². The Morgan fingerprint density at radius 2 is 2.00 bits per heavy atom. The molecule has 1 amide bonds. The van der Waals surface area contributed by atoms with E-state index in [4.69, 9.17) is 4.74 Å². The first kappa shape index (κ1) is 17.9. The molecule has 0 saturated heterocycles. The van der Waals surface area contributed by atoms with Crippen molar-refractivity contribution >= 4 is 39.4 Å². The number of H-pyrrole nitrogens is 1. The van der Waals surface area contributed by atoms with E-state index in [1.54, 1.807) is 29.8 Å². The molecule has 0 spiro atoms. The number of hydrogen-bond acceptors (Lipinski definition) is 6. The SMILES string of the molecule is Cc1ccc(-c2nc3ccc(C(=O)OCC(=O)Nc4nccs4)cc3[nH]2)cc1. The number of nitrogens with one attached hydrogen (secondary N) is 2. The van der Waals surface area contributed by atoms with Crippen LogP contribution >= 0.6 is 11.3 Å². The van der Waals surface area contributed by atoms with Crippen LogP contribution in [0.2, 0.25) is 0 Å². The highest BCUT2D eigenvalue weighted by atomic mass is 32.1. The van der Waals surface area contributed by atoms with Gasteiger partial charge in [0.25, 0.3) is 5.91 Å². The molecule has 0 aliphatic rings. The van der Waals surface area contributed by atoms with Crippen molar-refractivity contribution in [3.63, 3.8) is 0 Å². The highest BCUT2D eigenvalue weighted by Gasteiger charge is 2.13. The molecule has 0 bridgehead atoms. The molecule has 4 rings (SSSR count). The van der Waals surface area contributed by atoms with E-state index >= 15 is 0 Å². The smallest absolute Gasteiger partial charge is 0.338 e. The van der Waals surface area contributed by atoms with Crippen LogP contribution in [0.4, 0.5) is 5.13 Å². The van der Waals surface area contributed by atoms with Crippen LogP contribution in [0.1, 0.15) is 15.9 Å². The van der Waals surface area contributed by atoms with Crippen molar-refractivity contribution in [2.45, 2.75) is 6.92 Å². The molecular weight excluding hydrogens is 376 g/mol. The van der Waals surface area contributed by atoms with E-state index in [0.29, 0.717) is 10.7 Å². The molecule has 0 saturated carbocycles. The van der Waals surface area contributed by atoms with Gasteiger partial charge in [-0.1, -0.05) is 29.8 Å². The van der Waals surface area contributed by atoms with E-state index in [1.807, 2.05) is 31.2 Å². The van der Waals surface area contributed by atoms with E-state index in [9.17, 15) is 9.59 Å². The molecule has 0 unspecified atom stereocenters. The van der Waals surface area contributed by atoms with Gasteiger partial charge in [-0.15, -0.1) is 11.3 Å². The van der Waals surface area contributed by atoms with Crippen molar-refractivity contribution in [1.82, 2.24) is 15.0 Å². The average molecular weight is 392 g/mol. The summed E-state index contributed by atoms with van der Waals surface area (Å²) in [6.07, 6.45) is 1.58. The minimum absolute atomic E-state index is 0.341. The number of benzene rings is 2. The third-order valence-corrected chi connectivity index (χ3v) is 4.74. The first-order valence-corrected chi connectivity index (χ1v) is 9.40. The molecule has 4 aromatic rings. The summed E-state index contributed by atoms with van der Waals surface area (Å²) in [6, 6.07) is 13.1. The van der Waals surface area contributed by atoms with E-state index in [-0.39, 0.29) is 6.61 Å². The predicted molar refractivity (Wildman–Crippen MR) is 107 cm³/mol. The second kappa shape index (κ2) is 7.61. The Morgan fingerprint density at radius 1 is 1.18 bits per heavy atom. The van der Waals surface area contributed by atoms with Crippen LogP contribution in [0, 0.1) is 6.92 Å². The zero-order valence-corrected chi connectivity index (χ0v) is 15.7. The number of thiazole rings is 1. The zero-order valence-electron chi connectivity index (χ0n) is 14.9. The number of hydrogen-bond donors (Lipinski definition) is 2. The van der Waals surface area contributed by atoms with Crippen molar-refractivity contribution in [3.05, 3.63) is 65.2 Å². The number of esters is 1. The molecule has 2 aromatic carbocycles. The lowest BCUT2D eigenvalue weighted by atomic mass is 10.1. The fraction of sp³-hybridized carbons (Fsp3) is 0.100. The van der Waals surface area contributed by atoms with Crippen molar-refractivity contribution < 1.29 is 14.3 Å². The van der Waals surface area contributed by atoms with E-state index in [1.165, 1.54) is 16.9 Å². The average Bonchev–Trinajstić information content (AvgIpc) is 3.35. The largest absolute Gasteiger partial charge is 0.452 e. The van der Waals surface area contributed by atoms with Gasteiger partial charge < -0.3 is 9.72 Å². The predicted octanol–water partition coefficient (Wildman–Crippen LogP) is 3.79. The molecular formula is C20H16N4O3S. The number of ether oxygens (including phenoxy) is 1. The van der Waals surface area contributed by atoms with E-state index in [0.717, 1.165) is 22.4 Å². The quantitative estimate of drug-likeness (QED) is 0.504. The van der Waals surface area contributed by atoms with Gasteiger partial charge in [0.15, 0.2) is 11.7 Å². The third-order valence-electron chi connectivity index (χ3n) is 4.06. The maximum Gasteiger partial charge on any atom is 0.338 e. The Labute approximate surface area is 164 Å². The number of aromatic amines is 1. The summed E-state index contributed by atoms with van der Waals surface area (Å²) in [5.41, 5.74) is 3.94. The second-order valence-electron chi connectivity index (χ2n) is 6.14. The molecule has 0 aliphatic heterocycles. The monoisotopic (exact) mass is 392 g/mol. The summed E-state index contributed by atoms with van der Waals surface area (Å²) in [4.78, 5) is 35.8. The summed E-state index contributed by atoms with van der Waals surface area (Å²) in [6.45, 7) is 1.64. The molecule has 7 nitrogen and oxygen atoms in total. The van der Waals surface area contributed by atoms with Gasteiger partial charge >= 0.3 is 5.97 Å². The van der Waals surface area contributed by atoms with Gasteiger partial charge in [0.2, 0.25) is 0 Å². The normalized spacial score (nSPS) is 10.8. The van der Waals surface area contributed by atoms with Crippen molar-refractivity contribution in [1.29, 1.82) is 0 Å². The molecule has 0 atom stereocenters. The molecule has 2 N–H and O–H groups in total. The standard InChI is InChI=1S/C20H16N4O3S/c1-12-2-4-13(5-3-12)18-22-15-7-6-14(10-16(15)23-18)19(26)27-11-17(25)24-20-21-8-9-28-20/h2-10H,11H2,1H3,(H,22,23)(H,21,24,25). The number of aryl methyl sites for hydroxylation is 1.